The van der Waals surface area contributed by atoms with Crippen molar-refractivity contribution in [2.75, 3.05) is 5.32 Å². The summed E-state index contributed by atoms with van der Waals surface area (Å²) in [5.41, 5.74) is 6.71. The Morgan fingerprint density at radius 3 is 2.70 bits per heavy atom. The Morgan fingerprint density at radius 2 is 2.00 bits per heavy atom. The van der Waals surface area contributed by atoms with E-state index >= 15 is 0 Å². The van der Waals surface area contributed by atoms with Crippen molar-refractivity contribution >= 4 is 17.6 Å². The predicted molar refractivity (Wildman–Crippen MR) is 73.5 cm³/mol. The molecule has 0 unspecified atom stereocenters. The summed E-state index contributed by atoms with van der Waals surface area (Å²) >= 11 is 0. The second-order valence-electron chi connectivity index (χ2n) is 4.04. The number of nitrogens with two attached hydrogens (primary N) is 1. The number of carboxylic acids is 1. The minimum Gasteiger partial charge on any atom is -0.478 e. The van der Waals surface area contributed by atoms with E-state index in [0.717, 1.165) is 0 Å². The molecular weight excluding hydrogens is 258 g/mol. The van der Waals surface area contributed by atoms with E-state index in [1.54, 1.807) is 18.2 Å². The van der Waals surface area contributed by atoms with Crippen molar-refractivity contribution in [3.8, 4) is 0 Å². The number of hydrogen-bond acceptors (Lipinski definition) is 4. The fourth-order valence-electron chi connectivity index (χ4n) is 1.70. The highest BCUT2D eigenvalue weighted by Gasteiger charge is 2.13. The molecule has 0 saturated carbocycles. The van der Waals surface area contributed by atoms with Gasteiger partial charge in [0.2, 0.25) is 0 Å². The Hall–Kier alpha value is -2.73. The monoisotopic (exact) mass is 271 g/mol. The Bertz CT molecular complexity index is 656. The molecule has 0 aliphatic heterocycles. The van der Waals surface area contributed by atoms with Crippen molar-refractivity contribution in [1.82, 2.24) is 4.98 Å². The van der Waals surface area contributed by atoms with Gasteiger partial charge in [0.05, 0.1) is 16.9 Å². The van der Waals surface area contributed by atoms with Crippen LogP contribution in [0.2, 0.25) is 0 Å². The largest absolute Gasteiger partial charge is 0.478 e. The van der Waals surface area contributed by atoms with Gasteiger partial charge in [-0.1, -0.05) is 12.1 Å². The van der Waals surface area contributed by atoms with E-state index in [2.05, 4.69) is 10.3 Å². The van der Waals surface area contributed by atoms with Gasteiger partial charge < -0.3 is 16.2 Å². The van der Waals surface area contributed by atoms with E-state index in [0.29, 0.717) is 11.3 Å². The fraction of sp³-hybridized carbons (Fsp3) is 0.0714. The number of pyridine rings is 1. The smallest absolute Gasteiger partial charge is 0.337 e. The molecule has 6 nitrogen and oxygen atoms in total. The van der Waals surface area contributed by atoms with Gasteiger partial charge in [-0.25, -0.2) is 4.79 Å². The number of carbonyl (C=O) groups is 2. The summed E-state index contributed by atoms with van der Waals surface area (Å²) in [6, 6.07) is 9.32. The number of benzene rings is 1. The van der Waals surface area contributed by atoms with E-state index in [4.69, 9.17) is 10.8 Å². The molecule has 0 saturated heterocycles. The maximum atomic E-state index is 12.1. The van der Waals surface area contributed by atoms with Gasteiger partial charge in [0.15, 0.2) is 0 Å². The van der Waals surface area contributed by atoms with E-state index in [1.807, 2.05) is 0 Å². The number of anilines is 1. The Balaban J connectivity index is 2.25. The molecule has 1 heterocycles. The molecular formula is C14H13N3O3. The van der Waals surface area contributed by atoms with Crippen LogP contribution in [0.3, 0.4) is 0 Å². The highest BCUT2D eigenvalue weighted by molar-refractivity contribution is 6.07. The lowest BCUT2D eigenvalue weighted by molar-refractivity contribution is 0.0698. The van der Waals surface area contributed by atoms with Crippen molar-refractivity contribution in [3.63, 3.8) is 0 Å². The maximum Gasteiger partial charge on any atom is 0.337 e. The first kappa shape index (κ1) is 13.7. The first-order chi connectivity index (χ1) is 9.61. The average molecular weight is 271 g/mol. The summed E-state index contributed by atoms with van der Waals surface area (Å²) < 4.78 is 0. The molecule has 0 fully saturated rings. The van der Waals surface area contributed by atoms with Crippen molar-refractivity contribution in [2.24, 2.45) is 5.73 Å². The minimum atomic E-state index is -1.10. The van der Waals surface area contributed by atoms with Gasteiger partial charge in [-0.3, -0.25) is 9.78 Å². The SMILES string of the molecule is NCc1cc(C(=O)Nc2ccccc2C(=O)O)ccn1. The van der Waals surface area contributed by atoms with Crippen LogP contribution in [0.15, 0.2) is 42.6 Å². The van der Waals surface area contributed by atoms with Crippen molar-refractivity contribution in [2.45, 2.75) is 6.54 Å². The second kappa shape index (κ2) is 5.94. The van der Waals surface area contributed by atoms with Crippen molar-refractivity contribution in [3.05, 3.63) is 59.4 Å². The first-order valence-electron chi connectivity index (χ1n) is 5.90. The van der Waals surface area contributed by atoms with Crippen LogP contribution >= 0.6 is 0 Å². The number of nitrogens with zero attached hydrogens (tertiary/aromatic N) is 1. The number of aromatic carboxylic acids is 1. The lowest BCUT2D eigenvalue weighted by Crippen LogP contribution is -2.15. The number of hydrogen-bond donors (Lipinski definition) is 3. The number of amides is 1. The zero-order chi connectivity index (χ0) is 14.5. The topological polar surface area (TPSA) is 105 Å². The molecule has 102 valence electrons. The minimum absolute atomic E-state index is 0.0361. The molecule has 1 aromatic carbocycles. The lowest BCUT2D eigenvalue weighted by Gasteiger charge is -2.08. The van der Waals surface area contributed by atoms with Crippen LogP contribution in [0.4, 0.5) is 5.69 Å². The standard InChI is InChI=1S/C14H13N3O3/c15-8-10-7-9(5-6-16-10)13(18)17-12-4-2-1-3-11(12)14(19)20/h1-7H,8,15H2,(H,17,18)(H,19,20). The summed E-state index contributed by atoms with van der Waals surface area (Å²) in [6.45, 7) is 0.229. The molecule has 20 heavy (non-hydrogen) atoms. The molecule has 6 heteroatoms. The van der Waals surface area contributed by atoms with Gasteiger partial charge in [0, 0.05) is 18.3 Å². The molecule has 1 aromatic heterocycles. The van der Waals surface area contributed by atoms with Gasteiger partial charge in [-0.15, -0.1) is 0 Å². The van der Waals surface area contributed by atoms with Crippen LogP contribution in [0.25, 0.3) is 0 Å². The molecule has 1 amide bonds. The molecule has 0 radical (unpaired) electrons. The third-order valence-corrected chi connectivity index (χ3v) is 2.69. The quantitative estimate of drug-likeness (QED) is 0.781. The number of carbonyl (C=O) groups excluding carboxylic acids is 1. The molecule has 0 bridgehead atoms. The molecule has 0 atom stereocenters. The van der Waals surface area contributed by atoms with E-state index < -0.39 is 11.9 Å². The average Bonchev–Trinajstić information content (AvgIpc) is 2.47. The number of para-hydroxylation sites is 1. The van der Waals surface area contributed by atoms with Crippen LogP contribution in [0.5, 0.6) is 0 Å². The summed E-state index contributed by atoms with van der Waals surface area (Å²) in [7, 11) is 0. The third kappa shape index (κ3) is 2.99. The summed E-state index contributed by atoms with van der Waals surface area (Å²) in [6.07, 6.45) is 1.49. The summed E-state index contributed by atoms with van der Waals surface area (Å²) in [4.78, 5) is 27.1. The van der Waals surface area contributed by atoms with Crippen molar-refractivity contribution in [1.29, 1.82) is 0 Å². The summed E-state index contributed by atoms with van der Waals surface area (Å²) in [5, 5.41) is 11.6. The summed E-state index contributed by atoms with van der Waals surface area (Å²) in [5.74, 6) is -1.51. The lowest BCUT2D eigenvalue weighted by atomic mass is 10.1. The highest BCUT2D eigenvalue weighted by Crippen LogP contribution is 2.16. The first-order valence-corrected chi connectivity index (χ1v) is 5.90. The van der Waals surface area contributed by atoms with E-state index in [-0.39, 0.29) is 17.8 Å². The molecule has 2 aromatic rings. The number of rotatable bonds is 4. The highest BCUT2D eigenvalue weighted by atomic mass is 16.4. The molecule has 2 rings (SSSR count). The van der Waals surface area contributed by atoms with Crippen LogP contribution in [-0.2, 0) is 6.54 Å². The Kier molecular flexibility index (Phi) is 4.07. The molecule has 0 aliphatic carbocycles. The van der Waals surface area contributed by atoms with Crippen LogP contribution in [0.1, 0.15) is 26.4 Å². The maximum absolute atomic E-state index is 12.1. The molecule has 0 aliphatic rings. The number of carboxylic acid groups (broad SMARTS) is 1. The molecule has 4 N–H and O–H groups in total. The van der Waals surface area contributed by atoms with Crippen LogP contribution < -0.4 is 11.1 Å². The predicted octanol–water partition coefficient (Wildman–Crippen LogP) is 1.49. The zero-order valence-electron chi connectivity index (χ0n) is 10.5. The van der Waals surface area contributed by atoms with Crippen LogP contribution in [-0.4, -0.2) is 22.0 Å². The molecule has 0 spiro atoms. The van der Waals surface area contributed by atoms with E-state index in [9.17, 15) is 9.59 Å². The number of aromatic nitrogens is 1. The number of nitrogens with one attached hydrogen (secondary N) is 1. The van der Waals surface area contributed by atoms with Crippen molar-refractivity contribution < 1.29 is 14.7 Å². The third-order valence-electron chi connectivity index (χ3n) is 2.69. The zero-order valence-corrected chi connectivity index (χ0v) is 10.5. The van der Waals surface area contributed by atoms with Gasteiger partial charge in [0.25, 0.3) is 5.91 Å². The Labute approximate surface area is 115 Å². The van der Waals surface area contributed by atoms with Gasteiger partial charge in [-0.2, -0.15) is 0 Å². The van der Waals surface area contributed by atoms with Gasteiger partial charge in [0.1, 0.15) is 0 Å². The fourth-order valence-corrected chi connectivity index (χ4v) is 1.70. The van der Waals surface area contributed by atoms with E-state index in [1.165, 1.54) is 24.4 Å². The van der Waals surface area contributed by atoms with Gasteiger partial charge >= 0.3 is 5.97 Å². The normalized spacial score (nSPS) is 10.1. The van der Waals surface area contributed by atoms with Crippen LogP contribution in [0, 0.1) is 0 Å². The Morgan fingerprint density at radius 1 is 1.25 bits per heavy atom. The second-order valence-corrected chi connectivity index (χ2v) is 4.04. The van der Waals surface area contributed by atoms with Gasteiger partial charge in [-0.05, 0) is 24.3 Å².